The number of isothiocyanates is 1. The molecular weight excluding hydrogens is 242 g/mol. The Hall–Kier alpha value is -1.77. The zero-order valence-corrected chi connectivity index (χ0v) is 11.3. The van der Waals surface area contributed by atoms with Gasteiger partial charge in [0.2, 0.25) is 0 Å². The van der Waals surface area contributed by atoms with Crippen molar-refractivity contribution in [3.05, 3.63) is 42.1 Å². The van der Waals surface area contributed by atoms with E-state index in [9.17, 15) is 0 Å². The molecule has 0 aliphatic carbocycles. The van der Waals surface area contributed by atoms with Crippen molar-refractivity contribution in [1.82, 2.24) is 9.78 Å². The second kappa shape index (κ2) is 5.71. The zero-order valence-electron chi connectivity index (χ0n) is 10.5. The lowest BCUT2D eigenvalue weighted by Gasteiger charge is -2.02. The fourth-order valence-corrected chi connectivity index (χ4v) is 1.92. The SMILES string of the molecule is CC(C)Cc1cc(N=C=S)n(-c2ccccc2)n1. The van der Waals surface area contributed by atoms with E-state index < -0.39 is 0 Å². The highest BCUT2D eigenvalue weighted by Gasteiger charge is 2.09. The number of rotatable bonds is 4. The topological polar surface area (TPSA) is 30.2 Å². The van der Waals surface area contributed by atoms with E-state index in [1.54, 1.807) is 4.68 Å². The van der Waals surface area contributed by atoms with Gasteiger partial charge in [0.25, 0.3) is 0 Å². The maximum absolute atomic E-state index is 4.68. The summed E-state index contributed by atoms with van der Waals surface area (Å²) < 4.78 is 1.80. The lowest BCUT2D eigenvalue weighted by Crippen LogP contribution is -1.99. The molecule has 0 unspecified atom stereocenters. The van der Waals surface area contributed by atoms with Gasteiger partial charge >= 0.3 is 0 Å². The predicted octanol–water partition coefficient (Wildman–Crippen LogP) is 3.81. The van der Waals surface area contributed by atoms with Crippen LogP contribution in [0.5, 0.6) is 0 Å². The third-order valence-corrected chi connectivity index (χ3v) is 2.61. The molecule has 0 atom stereocenters. The molecule has 0 spiro atoms. The van der Waals surface area contributed by atoms with E-state index in [1.807, 2.05) is 36.4 Å². The summed E-state index contributed by atoms with van der Waals surface area (Å²) in [5, 5.41) is 6.98. The van der Waals surface area contributed by atoms with Crippen molar-refractivity contribution in [2.24, 2.45) is 10.9 Å². The summed E-state index contributed by atoms with van der Waals surface area (Å²) in [7, 11) is 0. The minimum absolute atomic E-state index is 0.563. The van der Waals surface area contributed by atoms with Gasteiger partial charge in [-0.2, -0.15) is 10.1 Å². The Labute approximate surface area is 112 Å². The van der Waals surface area contributed by atoms with Gasteiger partial charge < -0.3 is 0 Å². The first-order valence-corrected chi connectivity index (χ1v) is 6.33. The molecule has 0 radical (unpaired) electrons. The molecule has 1 aromatic heterocycles. The second-order valence-corrected chi connectivity index (χ2v) is 4.72. The van der Waals surface area contributed by atoms with Crippen LogP contribution in [0.2, 0.25) is 0 Å². The highest BCUT2D eigenvalue weighted by molar-refractivity contribution is 7.78. The Balaban J connectivity index is 2.45. The first kappa shape index (κ1) is 12.7. The van der Waals surface area contributed by atoms with E-state index in [0.29, 0.717) is 5.92 Å². The van der Waals surface area contributed by atoms with Gasteiger partial charge in [-0.1, -0.05) is 32.0 Å². The van der Waals surface area contributed by atoms with E-state index in [4.69, 9.17) is 0 Å². The van der Waals surface area contributed by atoms with Crippen molar-refractivity contribution in [3.63, 3.8) is 0 Å². The summed E-state index contributed by atoms with van der Waals surface area (Å²) in [4.78, 5) is 4.08. The van der Waals surface area contributed by atoms with Gasteiger partial charge in [-0.25, -0.2) is 4.68 Å². The first-order chi connectivity index (χ1) is 8.70. The second-order valence-electron chi connectivity index (χ2n) is 4.54. The summed E-state index contributed by atoms with van der Waals surface area (Å²) in [5.41, 5.74) is 2.01. The molecule has 2 rings (SSSR count). The average molecular weight is 257 g/mol. The Morgan fingerprint density at radius 2 is 2.06 bits per heavy atom. The van der Waals surface area contributed by atoms with Gasteiger partial charge in [-0.05, 0) is 36.7 Å². The third-order valence-electron chi connectivity index (χ3n) is 2.52. The van der Waals surface area contributed by atoms with Gasteiger partial charge in [0.15, 0.2) is 5.82 Å². The van der Waals surface area contributed by atoms with Gasteiger partial charge in [-0.15, -0.1) is 0 Å². The Morgan fingerprint density at radius 1 is 1.33 bits per heavy atom. The van der Waals surface area contributed by atoms with Crippen LogP contribution in [0.25, 0.3) is 5.69 Å². The number of thiocarbonyl (C=S) groups is 1. The monoisotopic (exact) mass is 257 g/mol. The predicted molar refractivity (Wildman–Crippen MR) is 76.8 cm³/mol. The van der Waals surface area contributed by atoms with Crippen LogP contribution in [-0.2, 0) is 6.42 Å². The van der Waals surface area contributed by atoms with Crippen molar-refractivity contribution in [3.8, 4) is 5.69 Å². The molecule has 0 amide bonds. The number of para-hydroxylation sites is 1. The highest BCUT2D eigenvalue weighted by Crippen LogP contribution is 2.21. The normalized spacial score (nSPS) is 10.4. The summed E-state index contributed by atoms with van der Waals surface area (Å²) in [6.07, 6.45) is 0.930. The van der Waals surface area contributed by atoms with Crippen LogP contribution in [0.4, 0.5) is 5.82 Å². The Bertz CT molecular complexity index is 566. The molecule has 3 nitrogen and oxygen atoms in total. The van der Waals surface area contributed by atoms with Crippen LogP contribution in [-0.4, -0.2) is 14.9 Å². The number of aromatic nitrogens is 2. The minimum atomic E-state index is 0.563. The minimum Gasteiger partial charge on any atom is -0.214 e. The van der Waals surface area contributed by atoms with Crippen LogP contribution < -0.4 is 0 Å². The molecular formula is C14H15N3S. The van der Waals surface area contributed by atoms with Gasteiger partial charge in [-0.3, -0.25) is 0 Å². The number of nitrogens with zero attached hydrogens (tertiary/aromatic N) is 3. The molecule has 0 N–H and O–H groups in total. The van der Waals surface area contributed by atoms with Crippen LogP contribution >= 0.6 is 12.2 Å². The molecule has 0 aliphatic rings. The molecule has 0 saturated carbocycles. The lowest BCUT2D eigenvalue weighted by molar-refractivity contribution is 0.628. The van der Waals surface area contributed by atoms with Crippen LogP contribution in [0.15, 0.2) is 41.4 Å². The maximum atomic E-state index is 4.68. The number of hydrogen-bond acceptors (Lipinski definition) is 3. The summed E-state index contributed by atoms with van der Waals surface area (Å²) in [6, 6.07) is 11.9. The number of aliphatic imine (C=N–C) groups is 1. The Kier molecular flexibility index (Phi) is 4.03. The van der Waals surface area contributed by atoms with Gasteiger partial charge in [0.1, 0.15) is 0 Å². The van der Waals surface area contributed by atoms with Crippen molar-refractivity contribution in [2.75, 3.05) is 0 Å². The molecule has 0 aliphatic heterocycles. The zero-order chi connectivity index (χ0) is 13.0. The largest absolute Gasteiger partial charge is 0.214 e. The molecule has 1 heterocycles. The average Bonchev–Trinajstić information content (AvgIpc) is 2.73. The van der Waals surface area contributed by atoms with Crippen molar-refractivity contribution < 1.29 is 0 Å². The van der Waals surface area contributed by atoms with Crippen LogP contribution in [0.1, 0.15) is 19.5 Å². The van der Waals surface area contributed by atoms with E-state index in [-0.39, 0.29) is 0 Å². The molecule has 18 heavy (non-hydrogen) atoms. The molecule has 1 aromatic carbocycles. The standard InChI is InChI=1S/C14H15N3S/c1-11(2)8-12-9-14(15-10-18)17(16-12)13-6-4-3-5-7-13/h3-7,9,11H,8H2,1-2H3. The van der Waals surface area contributed by atoms with Crippen LogP contribution in [0.3, 0.4) is 0 Å². The number of hydrogen-bond donors (Lipinski definition) is 0. The third kappa shape index (κ3) is 2.92. The van der Waals surface area contributed by atoms with E-state index in [1.165, 1.54) is 0 Å². The van der Waals surface area contributed by atoms with Crippen LogP contribution in [0, 0.1) is 5.92 Å². The smallest absolute Gasteiger partial charge is 0.166 e. The van der Waals surface area contributed by atoms with E-state index >= 15 is 0 Å². The highest BCUT2D eigenvalue weighted by atomic mass is 32.1. The Morgan fingerprint density at radius 3 is 2.67 bits per heavy atom. The quantitative estimate of drug-likeness (QED) is 0.616. The van der Waals surface area contributed by atoms with Crippen molar-refractivity contribution in [1.29, 1.82) is 0 Å². The molecule has 4 heteroatoms. The maximum Gasteiger partial charge on any atom is 0.166 e. The molecule has 2 aromatic rings. The van der Waals surface area contributed by atoms with E-state index in [0.717, 1.165) is 23.6 Å². The van der Waals surface area contributed by atoms with Gasteiger partial charge in [0.05, 0.1) is 16.5 Å². The van der Waals surface area contributed by atoms with Gasteiger partial charge in [0, 0.05) is 6.07 Å². The molecule has 92 valence electrons. The first-order valence-electron chi connectivity index (χ1n) is 5.93. The summed E-state index contributed by atoms with van der Waals surface area (Å²) >= 11 is 4.68. The number of benzene rings is 1. The summed E-state index contributed by atoms with van der Waals surface area (Å²) in [6.45, 7) is 4.34. The van der Waals surface area contributed by atoms with E-state index in [2.05, 4.69) is 41.3 Å². The molecule has 0 fully saturated rings. The molecule has 0 saturated heterocycles. The fourth-order valence-electron chi connectivity index (χ4n) is 1.82. The van der Waals surface area contributed by atoms with Crippen molar-refractivity contribution >= 4 is 23.2 Å². The molecule has 0 bridgehead atoms. The lowest BCUT2D eigenvalue weighted by atomic mass is 10.1. The summed E-state index contributed by atoms with van der Waals surface area (Å²) in [5.74, 6) is 1.29. The fraction of sp³-hybridized carbons (Fsp3) is 0.286. The van der Waals surface area contributed by atoms with Crippen molar-refractivity contribution in [2.45, 2.75) is 20.3 Å².